The number of carbonyl (C=O) groups is 1. The summed E-state index contributed by atoms with van der Waals surface area (Å²) < 4.78 is 53.3. The molecule has 4 aromatic rings. The van der Waals surface area contributed by atoms with E-state index in [9.17, 15) is 4.79 Å². The number of hydrogen-bond acceptors (Lipinski definition) is 10. The first-order chi connectivity index (χ1) is 26.6. The van der Waals surface area contributed by atoms with Crippen LogP contribution in [0.5, 0.6) is 28.7 Å². The van der Waals surface area contributed by atoms with Gasteiger partial charge in [-0.25, -0.2) is 4.79 Å². The molecular weight excluding hydrogens is 702 g/mol. The van der Waals surface area contributed by atoms with E-state index < -0.39 is 23.9 Å². The van der Waals surface area contributed by atoms with Crippen molar-refractivity contribution in [2.24, 2.45) is 0 Å². The van der Waals surface area contributed by atoms with Crippen molar-refractivity contribution in [3.63, 3.8) is 0 Å². The average molecular weight is 758 g/mol. The predicted molar refractivity (Wildman–Crippen MR) is 209 cm³/mol. The molecule has 1 saturated heterocycles. The quantitative estimate of drug-likeness (QED) is 0.0923. The molecule has 0 radical (unpaired) electrons. The molecule has 5 rings (SSSR count). The van der Waals surface area contributed by atoms with Crippen molar-refractivity contribution >= 4 is 6.09 Å². The summed E-state index contributed by atoms with van der Waals surface area (Å²) in [7, 11) is 6.45. The molecule has 1 heterocycles. The van der Waals surface area contributed by atoms with Crippen molar-refractivity contribution in [3.05, 3.63) is 113 Å². The summed E-state index contributed by atoms with van der Waals surface area (Å²) in [5.41, 5.74) is 3.18. The van der Waals surface area contributed by atoms with Gasteiger partial charge < -0.3 is 47.5 Å². The van der Waals surface area contributed by atoms with Gasteiger partial charge in [0.1, 0.15) is 34.3 Å². The Morgan fingerprint density at radius 3 is 1.60 bits per heavy atom. The third kappa shape index (κ3) is 12.5. The number of methoxy groups -OCH3 is 4. The summed E-state index contributed by atoms with van der Waals surface area (Å²) in [6.07, 6.45) is -0.627. The lowest BCUT2D eigenvalue weighted by atomic mass is 9.84. The number of ether oxygens (including phenoxy) is 9. The molecule has 1 fully saturated rings. The normalized spacial score (nSPS) is 17.0. The molecule has 0 spiro atoms. The number of piperidine rings is 1. The van der Waals surface area contributed by atoms with Gasteiger partial charge in [0.05, 0.1) is 86.8 Å². The molecule has 0 bridgehead atoms. The van der Waals surface area contributed by atoms with Gasteiger partial charge in [0.25, 0.3) is 0 Å². The van der Waals surface area contributed by atoms with Crippen molar-refractivity contribution in [2.45, 2.75) is 70.7 Å². The Hall–Kier alpha value is -4.97. The van der Waals surface area contributed by atoms with Gasteiger partial charge in [-0.15, -0.1) is 0 Å². The summed E-state index contributed by atoms with van der Waals surface area (Å²) in [4.78, 5) is 15.3. The zero-order chi connectivity index (χ0) is 39.2. The number of amides is 1. The molecule has 11 nitrogen and oxygen atoms in total. The largest absolute Gasteiger partial charge is 0.497 e. The van der Waals surface area contributed by atoms with Crippen LogP contribution in [0.3, 0.4) is 0 Å². The summed E-state index contributed by atoms with van der Waals surface area (Å²) in [5, 5.41) is 0. The molecule has 0 aromatic heterocycles. The fourth-order valence-electron chi connectivity index (χ4n) is 6.40. The standard InChI is InChI=1S/C44H55NO10/c1-44(2,3)55-43(46)45-26-40(53-29-32-20-36(47-4)24-37(21-32)48-5)42(41(27-45)54-30-33-22-38(49-6)25-39(23-33)50-7)34-14-16-35(17-15-34)52-19-11-18-51-28-31-12-9-8-10-13-31/h8-10,12-17,20-25,40-42H,11,18-19,26-30H2,1-7H3. The maximum Gasteiger partial charge on any atom is 0.410 e. The summed E-state index contributed by atoms with van der Waals surface area (Å²) in [5.74, 6) is 3.10. The number of nitrogens with zero attached hydrogens (tertiary/aromatic N) is 1. The lowest BCUT2D eigenvalue weighted by Crippen LogP contribution is -2.55. The Morgan fingerprint density at radius 2 is 1.13 bits per heavy atom. The fraction of sp³-hybridized carbons (Fsp3) is 0.432. The van der Waals surface area contributed by atoms with Crippen LogP contribution in [0.15, 0.2) is 91.0 Å². The van der Waals surface area contributed by atoms with Crippen LogP contribution < -0.4 is 23.7 Å². The van der Waals surface area contributed by atoms with Crippen molar-refractivity contribution < 1.29 is 47.4 Å². The average Bonchev–Trinajstić information content (AvgIpc) is 3.20. The topological polar surface area (TPSA) is 103 Å². The third-order valence-electron chi connectivity index (χ3n) is 9.08. The van der Waals surface area contributed by atoms with E-state index in [1.165, 1.54) is 0 Å². The monoisotopic (exact) mass is 757 g/mol. The molecular formula is C44H55NO10. The molecule has 1 aliphatic rings. The van der Waals surface area contributed by atoms with Crippen LogP contribution in [0.1, 0.15) is 55.4 Å². The Kier molecular flexibility index (Phi) is 15.1. The lowest BCUT2D eigenvalue weighted by molar-refractivity contribution is -0.100. The number of benzene rings is 4. The van der Waals surface area contributed by atoms with Gasteiger partial charge in [-0.3, -0.25) is 0 Å². The van der Waals surface area contributed by atoms with Crippen molar-refractivity contribution in [2.75, 3.05) is 54.7 Å². The Bertz CT molecular complexity index is 1660. The zero-order valence-corrected chi connectivity index (χ0v) is 33.1. The molecule has 296 valence electrons. The minimum Gasteiger partial charge on any atom is -0.497 e. The minimum atomic E-state index is -0.682. The van der Waals surface area contributed by atoms with E-state index in [2.05, 4.69) is 12.1 Å². The summed E-state index contributed by atoms with van der Waals surface area (Å²) in [6, 6.07) is 29.4. The second-order valence-corrected chi connectivity index (χ2v) is 14.4. The highest BCUT2D eigenvalue weighted by atomic mass is 16.6. The van der Waals surface area contributed by atoms with Crippen LogP contribution in [0.2, 0.25) is 0 Å². The first kappa shape index (κ1) is 41.2. The van der Waals surface area contributed by atoms with E-state index in [0.29, 0.717) is 42.8 Å². The third-order valence-corrected chi connectivity index (χ3v) is 9.08. The second-order valence-electron chi connectivity index (χ2n) is 14.4. The second kappa shape index (κ2) is 20.1. The van der Waals surface area contributed by atoms with Crippen molar-refractivity contribution in [3.8, 4) is 28.7 Å². The van der Waals surface area contributed by atoms with Crippen LogP contribution in [0.25, 0.3) is 0 Å². The molecule has 4 aromatic carbocycles. The van der Waals surface area contributed by atoms with Gasteiger partial charge in [0, 0.05) is 24.5 Å². The van der Waals surface area contributed by atoms with E-state index in [1.807, 2.05) is 99.6 Å². The molecule has 2 atom stereocenters. The van der Waals surface area contributed by atoms with Crippen LogP contribution in [-0.2, 0) is 38.8 Å². The number of likely N-dealkylation sites (tertiary alicyclic amines) is 1. The van der Waals surface area contributed by atoms with Gasteiger partial charge in [-0.2, -0.15) is 0 Å². The van der Waals surface area contributed by atoms with Crippen LogP contribution in [0, 0.1) is 0 Å². The maximum atomic E-state index is 13.6. The smallest absolute Gasteiger partial charge is 0.410 e. The summed E-state index contributed by atoms with van der Waals surface area (Å²) >= 11 is 0. The first-order valence-electron chi connectivity index (χ1n) is 18.6. The summed E-state index contributed by atoms with van der Waals surface area (Å²) in [6.45, 7) is 8.31. The van der Waals surface area contributed by atoms with E-state index >= 15 is 0 Å². The number of rotatable bonds is 18. The van der Waals surface area contributed by atoms with Crippen LogP contribution in [0.4, 0.5) is 4.79 Å². The lowest BCUT2D eigenvalue weighted by Gasteiger charge is -2.43. The van der Waals surface area contributed by atoms with Gasteiger partial charge in [-0.05, 0) is 79.4 Å². The predicted octanol–water partition coefficient (Wildman–Crippen LogP) is 8.21. The molecule has 1 aliphatic heterocycles. The maximum absolute atomic E-state index is 13.6. The highest BCUT2D eigenvalue weighted by Gasteiger charge is 2.42. The molecule has 11 heteroatoms. The molecule has 0 saturated carbocycles. The van der Waals surface area contributed by atoms with Gasteiger partial charge >= 0.3 is 6.09 Å². The fourth-order valence-corrected chi connectivity index (χ4v) is 6.40. The minimum absolute atomic E-state index is 0.240. The molecule has 1 amide bonds. The number of carbonyl (C=O) groups excluding carboxylic acids is 1. The van der Waals surface area contributed by atoms with E-state index in [0.717, 1.165) is 34.4 Å². The molecule has 55 heavy (non-hydrogen) atoms. The Morgan fingerprint density at radius 1 is 0.618 bits per heavy atom. The van der Waals surface area contributed by atoms with Gasteiger partial charge in [0.2, 0.25) is 0 Å². The SMILES string of the molecule is COc1cc(COC2CN(C(=O)OC(C)(C)C)CC(OCc3cc(OC)cc(OC)c3)C2c2ccc(OCCCOCc3ccccc3)cc2)cc(OC)c1. The first-order valence-corrected chi connectivity index (χ1v) is 18.6. The molecule has 0 aliphatic carbocycles. The highest BCUT2D eigenvalue weighted by Crippen LogP contribution is 2.36. The highest BCUT2D eigenvalue weighted by molar-refractivity contribution is 5.68. The number of hydrogen-bond donors (Lipinski definition) is 0. The van der Waals surface area contributed by atoms with Gasteiger partial charge in [0.15, 0.2) is 0 Å². The molecule has 2 unspecified atom stereocenters. The van der Waals surface area contributed by atoms with Crippen LogP contribution in [-0.4, -0.2) is 83.5 Å². The van der Waals surface area contributed by atoms with Crippen LogP contribution >= 0.6 is 0 Å². The van der Waals surface area contributed by atoms with Gasteiger partial charge in [-0.1, -0.05) is 42.5 Å². The van der Waals surface area contributed by atoms with E-state index in [4.69, 9.17) is 42.6 Å². The zero-order valence-electron chi connectivity index (χ0n) is 33.1. The van der Waals surface area contributed by atoms with Crippen molar-refractivity contribution in [1.29, 1.82) is 0 Å². The van der Waals surface area contributed by atoms with E-state index in [1.54, 1.807) is 33.3 Å². The molecule has 0 N–H and O–H groups in total. The van der Waals surface area contributed by atoms with Crippen molar-refractivity contribution in [1.82, 2.24) is 4.90 Å². The Balaban J connectivity index is 1.37. The Labute approximate surface area is 325 Å². The van der Waals surface area contributed by atoms with E-state index in [-0.39, 0.29) is 32.2 Å².